The number of nitrogens with zero attached hydrogens (tertiary/aromatic N) is 3. The van der Waals surface area contributed by atoms with Crippen LogP contribution in [0.3, 0.4) is 0 Å². The molecule has 90 valence electrons. The summed E-state index contributed by atoms with van der Waals surface area (Å²) in [5, 5.41) is 1.72. The van der Waals surface area contributed by atoms with E-state index in [4.69, 9.17) is 28.0 Å². The van der Waals surface area contributed by atoms with Crippen molar-refractivity contribution in [1.82, 2.24) is 14.4 Å². The Balaban J connectivity index is 2.62. The van der Waals surface area contributed by atoms with Gasteiger partial charge in [-0.3, -0.25) is 14.0 Å². The van der Waals surface area contributed by atoms with Gasteiger partial charge in [-0.1, -0.05) is 23.2 Å². The Bertz CT molecular complexity index is 582. The van der Waals surface area contributed by atoms with E-state index in [1.54, 1.807) is 10.6 Å². The molecule has 2 rings (SSSR count). The summed E-state index contributed by atoms with van der Waals surface area (Å²) in [5.41, 5.74) is 0.903. The van der Waals surface area contributed by atoms with E-state index in [-0.39, 0.29) is 16.6 Å². The Morgan fingerprint density at radius 3 is 2.88 bits per heavy atom. The zero-order chi connectivity index (χ0) is 12.6. The molecule has 2 aromatic rings. The van der Waals surface area contributed by atoms with Gasteiger partial charge in [0.25, 0.3) is 5.91 Å². The third-order valence-corrected chi connectivity index (χ3v) is 3.07. The van der Waals surface area contributed by atoms with E-state index in [1.807, 2.05) is 0 Å². The molecule has 0 aliphatic carbocycles. The van der Waals surface area contributed by atoms with Crippen molar-refractivity contribution in [2.24, 2.45) is 0 Å². The van der Waals surface area contributed by atoms with Gasteiger partial charge in [0.2, 0.25) is 0 Å². The summed E-state index contributed by atoms with van der Waals surface area (Å²) in [6.07, 6.45) is 3.07. The molecule has 17 heavy (non-hydrogen) atoms. The van der Waals surface area contributed by atoms with Crippen LogP contribution in [0.2, 0.25) is 10.2 Å². The number of rotatable bonds is 2. The van der Waals surface area contributed by atoms with Crippen molar-refractivity contribution in [3.8, 4) is 0 Å². The van der Waals surface area contributed by atoms with Gasteiger partial charge in [-0.25, -0.2) is 10.0 Å². The first-order valence-electron chi connectivity index (χ1n) is 4.68. The molecule has 0 fully saturated rings. The van der Waals surface area contributed by atoms with Gasteiger partial charge in [-0.15, -0.1) is 0 Å². The van der Waals surface area contributed by atoms with Gasteiger partial charge in [0.1, 0.15) is 11.5 Å². The SMILES string of the molecule is CON(C)C(=O)c1cc(Cl)c2cncn2c1Cl. The second-order valence-electron chi connectivity index (χ2n) is 3.33. The quantitative estimate of drug-likeness (QED) is 0.623. The van der Waals surface area contributed by atoms with Crippen LogP contribution in [0.25, 0.3) is 5.52 Å². The Morgan fingerprint density at radius 2 is 2.24 bits per heavy atom. The van der Waals surface area contributed by atoms with Crippen molar-refractivity contribution in [2.45, 2.75) is 0 Å². The summed E-state index contributed by atoms with van der Waals surface area (Å²) >= 11 is 12.1. The number of imidazole rings is 1. The first kappa shape index (κ1) is 12.2. The summed E-state index contributed by atoms with van der Waals surface area (Å²) in [6, 6.07) is 1.50. The Labute approximate surface area is 107 Å². The molecule has 0 aliphatic heterocycles. The number of hydrogen-bond acceptors (Lipinski definition) is 3. The van der Waals surface area contributed by atoms with Gasteiger partial charge in [-0.05, 0) is 6.07 Å². The van der Waals surface area contributed by atoms with Crippen molar-refractivity contribution < 1.29 is 9.63 Å². The molecule has 0 bridgehead atoms. The lowest BCUT2D eigenvalue weighted by atomic mass is 10.2. The number of pyridine rings is 1. The van der Waals surface area contributed by atoms with Gasteiger partial charge in [0.15, 0.2) is 0 Å². The van der Waals surface area contributed by atoms with E-state index in [1.165, 1.54) is 26.6 Å². The molecule has 0 spiro atoms. The highest BCUT2D eigenvalue weighted by Crippen LogP contribution is 2.26. The standard InChI is InChI=1S/C10H9Cl2N3O2/c1-14(17-2)10(16)6-3-7(11)8-4-13-5-15(8)9(6)12/h3-5H,1-2H3. The molecule has 5 nitrogen and oxygen atoms in total. The van der Waals surface area contributed by atoms with Crippen LogP contribution in [-0.2, 0) is 4.84 Å². The lowest BCUT2D eigenvalue weighted by Crippen LogP contribution is -2.26. The van der Waals surface area contributed by atoms with Crippen LogP contribution < -0.4 is 0 Å². The molecule has 0 N–H and O–H groups in total. The number of halogens is 2. The number of hydroxylamine groups is 2. The van der Waals surface area contributed by atoms with Crippen LogP contribution in [0.5, 0.6) is 0 Å². The summed E-state index contributed by atoms with van der Waals surface area (Å²) in [7, 11) is 2.88. The van der Waals surface area contributed by atoms with Crippen LogP contribution in [0, 0.1) is 0 Å². The van der Waals surface area contributed by atoms with E-state index in [9.17, 15) is 4.79 Å². The first-order valence-corrected chi connectivity index (χ1v) is 5.44. The van der Waals surface area contributed by atoms with E-state index in [0.29, 0.717) is 10.5 Å². The molecule has 0 radical (unpaired) electrons. The topological polar surface area (TPSA) is 46.8 Å². The molecule has 1 amide bonds. The second-order valence-corrected chi connectivity index (χ2v) is 4.10. The molecule has 7 heteroatoms. The molecular weight excluding hydrogens is 265 g/mol. The number of aromatic nitrogens is 2. The van der Waals surface area contributed by atoms with E-state index >= 15 is 0 Å². The highest BCUT2D eigenvalue weighted by atomic mass is 35.5. The van der Waals surface area contributed by atoms with Crippen LogP contribution >= 0.6 is 23.2 Å². The van der Waals surface area contributed by atoms with Crippen molar-refractivity contribution in [2.75, 3.05) is 14.2 Å². The van der Waals surface area contributed by atoms with Gasteiger partial charge in [-0.2, -0.15) is 0 Å². The van der Waals surface area contributed by atoms with Crippen molar-refractivity contribution in [3.05, 3.63) is 34.3 Å². The average molecular weight is 274 g/mol. The van der Waals surface area contributed by atoms with E-state index in [2.05, 4.69) is 4.98 Å². The van der Waals surface area contributed by atoms with Crippen molar-refractivity contribution in [3.63, 3.8) is 0 Å². The zero-order valence-electron chi connectivity index (χ0n) is 9.15. The molecule has 0 saturated carbocycles. The Hall–Kier alpha value is -1.30. The van der Waals surface area contributed by atoms with E-state index in [0.717, 1.165) is 5.06 Å². The number of carbonyl (C=O) groups excluding carboxylic acids is 1. The fourth-order valence-corrected chi connectivity index (χ4v) is 1.94. The lowest BCUT2D eigenvalue weighted by molar-refractivity contribution is -0.0757. The largest absolute Gasteiger partial charge is 0.287 e. The maximum Gasteiger partial charge on any atom is 0.280 e. The third-order valence-electron chi connectivity index (χ3n) is 2.38. The van der Waals surface area contributed by atoms with Crippen LogP contribution in [0.4, 0.5) is 0 Å². The minimum atomic E-state index is -0.380. The molecule has 0 saturated heterocycles. The third kappa shape index (κ3) is 1.97. The van der Waals surface area contributed by atoms with Crippen LogP contribution in [0.1, 0.15) is 10.4 Å². The molecule has 0 aliphatic rings. The smallest absolute Gasteiger partial charge is 0.280 e. The molecular formula is C10H9Cl2N3O2. The molecule has 0 atom stereocenters. The second kappa shape index (κ2) is 4.52. The van der Waals surface area contributed by atoms with Crippen LogP contribution in [-0.4, -0.2) is 34.5 Å². The van der Waals surface area contributed by atoms with Gasteiger partial charge in [0.05, 0.1) is 29.4 Å². The van der Waals surface area contributed by atoms with Gasteiger partial charge >= 0.3 is 0 Å². The highest BCUT2D eigenvalue weighted by molar-refractivity contribution is 6.37. The van der Waals surface area contributed by atoms with Gasteiger partial charge < -0.3 is 0 Å². The summed E-state index contributed by atoms with van der Waals surface area (Å²) in [6.45, 7) is 0. The normalized spacial score (nSPS) is 10.8. The number of carbonyl (C=O) groups is 1. The predicted molar refractivity (Wildman–Crippen MR) is 64.3 cm³/mol. The van der Waals surface area contributed by atoms with Crippen molar-refractivity contribution >= 4 is 34.6 Å². The highest BCUT2D eigenvalue weighted by Gasteiger charge is 2.19. The van der Waals surface area contributed by atoms with Crippen molar-refractivity contribution in [1.29, 1.82) is 0 Å². The Morgan fingerprint density at radius 1 is 1.53 bits per heavy atom. The summed E-state index contributed by atoms with van der Waals surface area (Å²) < 4.78 is 1.54. The summed E-state index contributed by atoms with van der Waals surface area (Å²) in [5.74, 6) is -0.380. The lowest BCUT2D eigenvalue weighted by Gasteiger charge is -2.15. The summed E-state index contributed by atoms with van der Waals surface area (Å²) in [4.78, 5) is 20.7. The average Bonchev–Trinajstić information content (AvgIpc) is 2.81. The molecule has 0 aromatic carbocycles. The zero-order valence-corrected chi connectivity index (χ0v) is 10.7. The minimum Gasteiger partial charge on any atom is -0.287 e. The van der Waals surface area contributed by atoms with E-state index < -0.39 is 0 Å². The Kier molecular flexibility index (Phi) is 3.24. The molecule has 2 heterocycles. The maximum atomic E-state index is 11.9. The first-order chi connectivity index (χ1) is 8.06. The monoisotopic (exact) mass is 273 g/mol. The predicted octanol–water partition coefficient (Wildman–Crippen LogP) is 2.27. The maximum absolute atomic E-state index is 11.9. The fraction of sp³-hybridized carbons (Fsp3) is 0.200. The number of amides is 1. The molecule has 2 aromatic heterocycles. The van der Waals surface area contributed by atoms with Crippen LogP contribution in [0.15, 0.2) is 18.6 Å². The molecule has 0 unspecified atom stereocenters. The van der Waals surface area contributed by atoms with Gasteiger partial charge in [0, 0.05) is 7.05 Å². The minimum absolute atomic E-state index is 0.246. The number of hydrogen-bond donors (Lipinski definition) is 0. The number of fused-ring (bicyclic) bond motifs is 1. The fourth-order valence-electron chi connectivity index (χ4n) is 1.42.